The van der Waals surface area contributed by atoms with Crippen LogP contribution in [0.4, 0.5) is 0 Å². The minimum Gasteiger partial charge on any atom is -0.495 e. The van der Waals surface area contributed by atoms with Crippen LogP contribution < -0.4 is 4.74 Å². The van der Waals surface area contributed by atoms with E-state index in [9.17, 15) is 13.2 Å². The molecule has 166 valence electrons. The smallest absolute Gasteiger partial charge is 0.246 e. The standard InChI is InChI=1S/C23H28N2O5S/c1-3-24(18-20-7-5-4-6-8-20)23(26)12-10-19-9-11-21(29-2)22(17-19)31(27,28)25-13-15-30-16-14-25/h4-12,17H,3,13-16,18H2,1-2H3/b12-10+. The van der Waals surface area contributed by atoms with E-state index in [2.05, 4.69) is 0 Å². The predicted octanol–water partition coefficient (Wildman–Crippen LogP) is 2.78. The van der Waals surface area contributed by atoms with Crippen LogP contribution in [-0.4, -0.2) is 63.5 Å². The third-order valence-electron chi connectivity index (χ3n) is 5.10. The highest BCUT2D eigenvalue weighted by atomic mass is 32.2. The lowest BCUT2D eigenvalue weighted by Crippen LogP contribution is -2.40. The summed E-state index contributed by atoms with van der Waals surface area (Å²) < 4.78 is 38.2. The van der Waals surface area contributed by atoms with Crippen molar-refractivity contribution in [2.45, 2.75) is 18.4 Å². The van der Waals surface area contributed by atoms with Gasteiger partial charge in [-0.25, -0.2) is 8.42 Å². The molecule has 31 heavy (non-hydrogen) atoms. The summed E-state index contributed by atoms with van der Waals surface area (Å²) in [5, 5.41) is 0. The Morgan fingerprint density at radius 2 is 1.87 bits per heavy atom. The van der Waals surface area contributed by atoms with Crippen molar-refractivity contribution < 1.29 is 22.7 Å². The molecule has 1 fully saturated rings. The number of nitrogens with zero attached hydrogens (tertiary/aromatic N) is 2. The number of hydrogen-bond acceptors (Lipinski definition) is 5. The number of likely N-dealkylation sites (N-methyl/N-ethyl adjacent to an activating group) is 1. The van der Waals surface area contributed by atoms with Gasteiger partial charge in [-0.2, -0.15) is 4.31 Å². The molecule has 0 atom stereocenters. The van der Waals surface area contributed by atoms with Gasteiger partial charge in [-0.15, -0.1) is 0 Å². The van der Waals surface area contributed by atoms with E-state index >= 15 is 0 Å². The van der Waals surface area contributed by atoms with E-state index in [0.717, 1.165) is 5.56 Å². The molecule has 1 heterocycles. The molecule has 0 bridgehead atoms. The molecule has 3 rings (SSSR count). The Labute approximate surface area is 183 Å². The molecule has 7 nitrogen and oxygen atoms in total. The van der Waals surface area contributed by atoms with E-state index < -0.39 is 10.0 Å². The summed E-state index contributed by atoms with van der Waals surface area (Å²) in [6.45, 7) is 4.34. The maximum atomic E-state index is 13.1. The van der Waals surface area contributed by atoms with Crippen LogP contribution in [0.1, 0.15) is 18.1 Å². The highest BCUT2D eigenvalue weighted by molar-refractivity contribution is 7.89. The van der Waals surface area contributed by atoms with Crippen LogP contribution in [0, 0.1) is 0 Å². The van der Waals surface area contributed by atoms with E-state index in [0.29, 0.717) is 45.0 Å². The Morgan fingerprint density at radius 1 is 1.16 bits per heavy atom. The highest BCUT2D eigenvalue weighted by Crippen LogP contribution is 2.29. The fourth-order valence-corrected chi connectivity index (χ4v) is 4.95. The molecule has 8 heteroatoms. The summed E-state index contributed by atoms with van der Waals surface area (Å²) in [5.74, 6) is 0.133. The molecule has 0 saturated carbocycles. The average molecular weight is 445 g/mol. The number of benzene rings is 2. The van der Waals surface area contributed by atoms with Gasteiger partial charge in [-0.05, 0) is 36.3 Å². The Kier molecular flexibility index (Phi) is 7.84. The number of carbonyl (C=O) groups excluding carboxylic acids is 1. The SMILES string of the molecule is CCN(Cc1ccccc1)C(=O)/C=C/c1ccc(OC)c(S(=O)(=O)N2CCOCC2)c1. The summed E-state index contributed by atoms with van der Waals surface area (Å²) in [6.07, 6.45) is 3.10. The maximum Gasteiger partial charge on any atom is 0.246 e. The van der Waals surface area contributed by atoms with Crippen molar-refractivity contribution in [3.63, 3.8) is 0 Å². The molecule has 1 aliphatic heterocycles. The fourth-order valence-electron chi connectivity index (χ4n) is 3.35. The molecule has 1 amide bonds. The third kappa shape index (κ3) is 5.72. The fraction of sp³-hybridized carbons (Fsp3) is 0.348. The van der Waals surface area contributed by atoms with Gasteiger partial charge in [-0.3, -0.25) is 4.79 Å². The molecule has 1 saturated heterocycles. The average Bonchev–Trinajstić information content (AvgIpc) is 2.82. The first kappa shape index (κ1) is 23.0. The molecule has 0 radical (unpaired) electrons. The summed E-state index contributed by atoms with van der Waals surface area (Å²) in [5.41, 5.74) is 1.66. The van der Waals surface area contributed by atoms with Crippen molar-refractivity contribution in [1.82, 2.24) is 9.21 Å². The second-order valence-corrected chi connectivity index (χ2v) is 9.00. The number of morpholine rings is 1. The van der Waals surface area contributed by atoms with Gasteiger partial charge in [0.25, 0.3) is 0 Å². The normalized spacial score (nSPS) is 15.2. The van der Waals surface area contributed by atoms with Crippen LogP contribution in [0.5, 0.6) is 5.75 Å². The van der Waals surface area contributed by atoms with E-state index in [4.69, 9.17) is 9.47 Å². The predicted molar refractivity (Wildman–Crippen MR) is 119 cm³/mol. The van der Waals surface area contributed by atoms with Gasteiger partial charge in [0.2, 0.25) is 15.9 Å². The second-order valence-electron chi connectivity index (χ2n) is 7.10. The molecule has 1 aliphatic rings. The van der Waals surface area contributed by atoms with E-state index in [1.165, 1.54) is 17.5 Å². The number of rotatable bonds is 8. The van der Waals surface area contributed by atoms with Crippen molar-refractivity contribution in [3.05, 3.63) is 65.7 Å². The van der Waals surface area contributed by atoms with E-state index in [1.807, 2.05) is 37.3 Å². The number of amides is 1. The highest BCUT2D eigenvalue weighted by Gasteiger charge is 2.29. The van der Waals surface area contributed by atoms with Crippen LogP contribution in [0.3, 0.4) is 0 Å². The lowest BCUT2D eigenvalue weighted by molar-refractivity contribution is -0.126. The van der Waals surface area contributed by atoms with Crippen LogP contribution in [-0.2, 0) is 26.1 Å². The van der Waals surface area contributed by atoms with E-state index in [-0.39, 0.29) is 16.6 Å². The van der Waals surface area contributed by atoms with Gasteiger partial charge in [0.05, 0.1) is 20.3 Å². The second kappa shape index (κ2) is 10.6. The molecule has 0 aromatic heterocycles. The summed E-state index contributed by atoms with van der Waals surface area (Å²) in [6, 6.07) is 14.7. The number of carbonyl (C=O) groups is 1. The monoisotopic (exact) mass is 444 g/mol. The summed E-state index contributed by atoms with van der Waals surface area (Å²) >= 11 is 0. The molecular weight excluding hydrogens is 416 g/mol. The number of methoxy groups -OCH3 is 1. The molecule has 0 N–H and O–H groups in total. The van der Waals surface area contributed by atoms with Crippen molar-refractivity contribution in [2.24, 2.45) is 0 Å². The lowest BCUT2D eigenvalue weighted by Gasteiger charge is -2.26. The van der Waals surface area contributed by atoms with Crippen molar-refractivity contribution in [3.8, 4) is 5.75 Å². The van der Waals surface area contributed by atoms with Gasteiger partial charge in [0.15, 0.2) is 0 Å². The number of ether oxygens (including phenoxy) is 2. The number of hydrogen-bond donors (Lipinski definition) is 0. The molecule has 2 aromatic carbocycles. The quantitative estimate of drug-likeness (QED) is 0.585. The first-order chi connectivity index (χ1) is 15.0. The topological polar surface area (TPSA) is 76.2 Å². The summed E-state index contributed by atoms with van der Waals surface area (Å²) in [7, 11) is -2.29. The maximum absolute atomic E-state index is 13.1. The zero-order valence-electron chi connectivity index (χ0n) is 17.9. The molecule has 0 unspecified atom stereocenters. The van der Waals surface area contributed by atoms with Crippen LogP contribution in [0.15, 0.2) is 59.5 Å². The molecule has 0 spiro atoms. The summed E-state index contributed by atoms with van der Waals surface area (Å²) in [4.78, 5) is 14.5. The lowest BCUT2D eigenvalue weighted by atomic mass is 10.2. The van der Waals surface area contributed by atoms with Gasteiger partial charge in [0, 0.05) is 32.3 Å². The molecule has 2 aromatic rings. The van der Waals surface area contributed by atoms with Gasteiger partial charge >= 0.3 is 0 Å². The largest absolute Gasteiger partial charge is 0.495 e. The Balaban J connectivity index is 1.80. The Hall–Kier alpha value is -2.68. The van der Waals surface area contributed by atoms with E-state index in [1.54, 1.807) is 29.2 Å². The van der Waals surface area contributed by atoms with Gasteiger partial charge in [0.1, 0.15) is 10.6 Å². The molecular formula is C23H28N2O5S. The zero-order valence-corrected chi connectivity index (χ0v) is 18.7. The first-order valence-electron chi connectivity index (χ1n) is 10.2. The van der Waals surface area contributed by atoms with Crippen molar-refractivity contribution >= 4 is 22.0 Å². The van der Waals surface area contributed by atoms with Gasteiger partial charge < -0.3 is 14.4 Å². The Morgan fingerprint density at radius 3 is 2.52 bits per heavy atom. The van der Waals surface area contributed by atoms with Crippen molar-refractivity contribution in [1.29, 1.82) is 0 Å². The molecule has 0 aliphatic carbocycles. The zero-order chi connectivity index (χ0) is 22.3. The van der Waals surface area contributed by atoms with Gasteiger partial charge in [-0.1, -0.05) is 36.4 Å². The minimum atomic E-state index is -3.73. The van der Waals surface area contributed by atoms with Crippen molar-refractivity contribution in [2.75, 3.05) is 40.0 Å². The van der Waals surface area contributed by atoms with Crippen LogP contribution in [0.25, 0.3) is 6.08 Å². The van der Waals surface area contributed by atoms with Crippen LogP contribution in [0.2, 0.25) is 0 Å². The number of sulfonamides is 1. The first-order valence-corrected chi connectivity index (χ1v) is 11.7. The van der Waals surface area contributed by atoms with Crippen LogP contribution >= 0.6 is 0 Å². The minimum absolute atomic E-state index is 0.0862. The third-order valence-corrected chi connectivity index (χ3v) is 7.02. The Bertz CT molecular complexity index is 1020.